The molecular formula is C20H21F3N4OS. The summed E-state index contributed by atoms with van der Waals surface area (Å²) in [4.78, 5) is 18.6. The van der Waals surface area contributed by atoms with Crippen LogP contribution in [0.1, 0.15) is 11.6 Å². The highest BCUT2D eigenvalue weighted by molar-refractivity contribution is 7.99. The largest absolute Gasteiger partial charge is 0.353 e. The van der Waals surface area contributed by atoms with Crippen LogP contribution in [0.5, 0.6) is 0 Å². The van der Waals surface area contributed by atoms with Crippen LogP contribution in [0.4, 0.5) is 13.2 Å². The summed E-state index contributed by atoms with van der Waals surface area (Å²) >= 11 is 0.309. The molecule has 0 aliphatic carbocycles. The molecule has 154 valence electrons. The summed E-state index contributed by atoms with van der Waals surface area (Å²) in [5, 5.41) is 2.91. The predicted molar refractivity (Wildman–Crippen MR) is 107 cm³/mol. The molecule has 0 spiro atoms. The Morgan fingerprint density at radius 3 is 2.66 bits per heavy atom. The van der Waals surface area contributed by atoms with Crippen molar-refractivity contribution in [3.8, 4) is 0 Å². The first-order valence-corrected chi connectivity index (χ1v) is 9.82. The average molecular weight is 422 g/mol. The Kier molecular flexibility index (Phi) is 6.81. The van der Waals surface area contributed by atoms with Crippen LogP contribution < -0.4 is 5.32 Å². The fourth-order valence-corrected chi connectivity index (χ4v) is 3.70. The Labute approximate surface area is 170 Å². The molecule has 0 aliphatic heterocycles. The van der Waals surface area contributed by atoms with Crippen LogP contribution in [0, 0.1) is 5.82 Å². The molecule has 1 aromatic heterocycles. The van der Waals surface area contributed by atoms with Crippen LogP contribution in [-0.4, -0.2) is 46.8 Å². The zero-order valence-electron chi connectivity index (χ0n) is 16.0. The van der Waals surface area contributed by atoms with E-state index in [0.717, 1.165) is 5.56 Å². The summed E-state index contributed by atoms with van der Waals surface area (Å²) in [5.41, 5.74) is 1.90. The number of nitrogens with zero attached hydrogens (tertiary/aromatic N) is 3. The SMILES string of the molecule is CN(C)C(CNC(=O)Cn1c(SC(F)F)nc2ccccc21)c1cccc(F)c1. The Morgan fingerprint density at radius 1 is 1.21 bits per heavy atom. The van der Waals surface area contributed by atoms with Crippen molar-refractivity contribution in [2.75, 3.05) is 20.6 Å². The number of halogens is 3. The number of amides is 1. The number of likely N-dealkylation sites (N-methyl/N-ethyl adjacent to an activating group) is 1. The quantitative estimate of drug-likeness (QED) is 0.560. The number of hydrogen-bond donors (Lipinski definition) is 1. The van der Waals surface area contributed by atoms with Gasteiger partial charge in [0.15, 0.2) is 5.16 Å². The van der Waals surface area contributed by atoms with Crippen molar-refractivity contribution in [2.24, 2.45) is 0 Å². The number of rotatable bonds is 8. The van der Waals surface area contributed by atoms with Crippen molar-refractivity contribution in [1.82, 2.24) is 19.8 Å². The average Bonchev–Trinajstić information content (AvgIpc) is 2.98. The second-order valence-electron chi connectivity index (χ2n) is 6.69. The fourth-order valence-electron chi connectivity index (χ4n) is 3.10. The Morgan fingerprint density at radius 2 is 1.97 bits per heavy atom. The number of alkyl halides is 2. The lowest BCUT2D eigenvalue weighted by molar-refractivity contribution is -0.121. The molecule has 1 heterocycles. The van der Waals surface area contributed by atoms with Gasteiger partial charge in [-0.3, -0.25) is 4.79 Å². The van der Waals surface area contributed by atoms with E-state index in [1.165, 1.54) is 16.7 Å². The molecule has 3 rings (SSSR count). The number of carbonyl (C=O) groups excluding carboxylic acids is 1. The van der Waals surface area contributed by atoms with E-state index in [0.29, 0.717) is 22.8 Å². The van der Waals surface area contributed by atoms with Crippen molar-refractivity contribution in [1.29, 1.82) is 0 Å². The molecule has 1 N–H and O–H groups in total. The second-order valence-corrected chi connectivity index (χ2v) is 7.64. The van der Waals surface area contributed by atoms with Crippen molar-refractivity contribution in [3.63, 3.8) is 0 Å². The zero-order chi connectivity index (χ0) is 21.0. The van der Waals surface area contributed by atoms with Gasteiger partial charge in [0.05, 0.1) is 17.1 Å². The molecule has 0 aliphatic rings. The second kappa shape index (κ2) is 9.32. The van der Waals surface area contributed by atoms with E-state index >= 15 is 0 Å². The Balaban J connectivity index is 1.75. The number of aromatic nitrogens is 2. The number of hydrogen-bond acceptors (Lipinski definition) is 4. The lowest BCUT2D eigenvalue weighted by Crippen LogP contribution is -2.36. The van der Waals surface area contributed by atoms with Gasteiger partial charge in [-0.2, -0.15) is 8.78 Å². The van der Waals surface area contributed by atoms with E-state index in [4.69, 9.17) is 0 Å². The Hall–Kier alpha value is -2.52. The third kappa shape index (κ3) is 5.30. The van der Waals surface area contributed by atoms with Gasteiger partial charge in [-0.05, 0) is 55.7 Å². The molecular weight excluding hydrogens is 401 g/mol. The molecule has 1 unspecified atom stereocenters. The first-order chi connectivity index (χ1) is 13.8. The molecule has 9 heteroatoms. The van der Waals surface area contributed by atoms with Gasteiger partial charge in [-0.25, -0.2) is 9.37 Å². The topological polar surface area (TPSA) is 50.2 Å². The maximum Gasteiger partial charge on any atom is 0.291 e. The maximum atomic E-state index is 13.6. The minimum atomic E-state index is -2.64. The van der Waals surface area contributed by atoms with Gasteiger partial charge in [0, 0.05) is 6.54 Å². The van der Waals surface area contributed by atoms with Crippen LogP contribution in [-0.2, 0) is 11.3 Å². The minimum Gasteiger partial charge on any atom is -0.353 e. The number of carbonyl (C=O) groups is 1. The van der Waals surface area contributed by atoms with Crippen molar-refractivity contribution in [3.05, 3.63) is 59.9 Å². The fraction of sp³-hybridized carbons (Fsp3) is 0.300. The van der Waals surface area contributed by atoms with Crippen LogP contribution in [0.15, 0.2) is 53.7 Å². The summed E-state index contributed by atoms with van der Waals surface area (Å²) in [5.74, 6) is -3.33. The molecule has 2 aromatic carbocycles. The number of benzene rings is 2. The summed E-state index contributed by atoms with van der Waals surface area (Å²) in [6.45, 7) is 0.109. The number of nitrogens with one attached hydrogen (secondary N) is 1. The van der Waals surface area contributed by atoms with Gasteiger partial charge in [-0.1, -0.05) is 24.3 Å². The summed E-state index contributed by atoms with van der Waals surface area (Å²) in [6.07, 6.45) is 0. The van der Waals surface area contributed by atoms with Crippen LogP contribution >= 0.6 is 11.8 Å². The lowest BCUT2D eigenvalue weighted by atomic mass is 10.1. The molecule has 1 amide bonds. The number of fused-ring (bicyclic) bond motifs is 1. The van der Waals surface area contributed by atoms with Crippen LogP contribution in [0.3, 0.4) is 0 Å². The highest BCUT2D eigenvalue weighted by atomic mass is 32.2. The molecule has 29 heavy (non-hydrogen) atoms. The van der Waals surface area contributed by atoms with E-state index < -0.39 is 5.76 Å². The van der Waals surface area contributed by atoms with Gasteiger partial charge < -0.3 is 14.8 Å². The highest BCUT2D eigenvalue weighted by Gasteiger charge is 2.19. The predicted octanol–water partition coefficient (Wildman–Crippen LogP) is 3.91. The normalized spacial score (nSPS) is 12.7. The van der Waals surface area contributed by atoms with E-state index in [1.54, 1.807) is 36.4 Å². The smallest absolute Gasteiger partial charge is 0.291 e. The molecule has 3 aromatic rings. The number of imidazole rings is 1. The van der Waals surface area contributed by atoms with Gasteiger partial charge in [0.1, 0.15) is 12.4 Å². The van der Waals surface area contributed by atoms with E-state index in [-0.39, 0.29) is 36.0 Å². The first-order valence-electron chi connectivity index (χ1n) is 8.94. The molecule has 0 saturated heterocycles. The van der Waals surface area contributed by atoms with Gasteiger partial charge >= 0.3 is 0 Å². The third-order valence-corrected chi connectivity index (χ3v) is 5.17. The van der Waals surface area contributed by atoms with E-state index in [9.17, 15) is 18.0 Å². The van der Waals surface area contributed by atoms with Crippen molar-refractivity contribution in [2.45, 2.75) is 23.5 Å². The van der Waals surface area contributed by atoms with Gasteiger partial charge in [-0.15, -0.1) is 0 Å². The lowest BCUT2D eigenvalue weighted by Gasteiger charge is -2.25. The van der Waals surface area contributed by atoms with Gasteiger partial charge in [0.25, 0.3) is 5.76 Å². The van der Waals surface area contributed by atoms with E-state index in [2.05, 4.69) is 10.3 Å². The number of thioether (sulfide) groups is 1. The molecule has 0 fully saturated rings. The molecule has 1 atom stereocenters. The third-order valence-electron chi connectivity index (χ3n) is 4.47. The molecule has 5 nitrogen and oxygen atoms in total. The summed E-state index contributed by atoms with van der Waals surface area (Å²) in [7, 11) is 3.67. The summed E-state index contributed by atoms with van der Waals surface area (Å²) < 4.78 is 40.8. The maximum absolute atomic E-state index is 13.6. The van der Waals surface area contributed by atoms with E-state index in [1.807, 2.05) is 19.0 Å². The molecule has 0 radical (unpaired) electrons. The first kappa shape index (κ1) is 21.2. The zero-order valence-corrected chi connectivity index (χ0v) is 16.8. The molecule has 0 bridgehead atoms. The van der Waals surface area contributed by atoms with Gasteiger partial charge in [0.2, 0.25) is 5.91 Å². The van der Waals surface area contributed by atoms with Crippen molar-refractivity contribution < 1.29 is 18.0 Å². The Bertz CT molecular complexity index is 993. The van der Waals surface area contributed by atoms with Crippen LogP contribution in [0.25, 0.3) is 11.0 Å². The standard InChI is InChI=1S/C20H21F3N4OS/c1-26(2)17(13-6-5-7-14(21)10-13)11-24-18(28)12-27-16-9-4-3-8-15(16)25-20(27)29-19(22)23/h3-10,17,19H,11-12H2,1-2H3,(H,24,28). The van der Waals surface area contributed by atoms with Crippen LogP contribution in [0.2, 0.25) is 0 Å². The number of para-hydroxylation sites is 2. The minimum absolute atomic E-state index is 0.0886. The monoisotopic (exact) mass is 422 g/mol. The molecule has 0 saturated carbocycles. The highest BCUT2D eigenvalue weighted by Crippen LogP contribution is 2.28. The van der Waals surface area contributed by atoms with Crippen molar-refractivity contribution >= 4 is 28.7 Å². The summed E-state index contributed by atoms with van der Waals surface area (Å²) in [6, 6.07) is 12.9.